The average molecular weight is 496 g/mol. The predicted octanol–water partition coefficient (Wildman–Crippen LogP) is 3.64. The van der Waals surface area contributed by atoms with Gasteiger partial charge in [-0.15, -0.1) is 0 Å². The van der Waals surface area contributed by atoms with Crippen LogP contribution in [0.2, 0.25) is 0 Å². The summed E-state index contributed by atoms with van der Waals surface area (Å²) in [6.07, 6.45) is 5.10. The van der Waals surface area contributed by atoms with Gasteiger partial charge in [0.15, 0.2) is 11.5 Å². The van der Waals surface area contributed by atoms with Crippen LogP contribution in [0.3, 0.4) is 0 Å². The Hall–Kier alpha value is -3.76. The number of aryl methyl sites for hydroxylation is 1. The third-order valence-corrected chi connectivity index (χ3v) is 7.20. The van der Waals surface area contributed by atoms with Gasteiger partial charge in [0.25, 0.3) is 0 Å². The number of rotatable bonds is 6. The number of nitrogens with zero attached hydrogens (tertiary/aromatic N) is 6. The van der Waals surface area contributed by atoms with Crippen molar-refractivity contribution in [2.75, 3.05) is 23.7 Å². The minimum absolute atomic E-state index is 0.0225. The molecule has 3 aromatic rings. The summed E-state index contributed by atoms with van der Waals surface area (Å²) in [7, 11) is 0. The van der Waals surface area contributed by atoms with Crippen LogP contribution >= 0.6 is 0 Å². The first-order valence-corrected chi connectivity index (χ1v) is 11.9. The van der Waals surface area contributed by atoms with Crippen LogP contribution in [0, 0.1) is 11.8 Å². The Morgan fingerprint density at radius 3 is 2.64 bits per heavy atom. The molecule has 0 radical (unpaired) electrons. The molecule has 0 bridgehead atoms. The molecule has 1 saturated heterocycles. The van der Waals surface area contributed by atoms with Gasteiger partial charge >= 0.3 is 6.18 Å². The third-order valence-electron chi connectivity index (χ3n) is 7.20. The number of pyridine rings is 1. The van der Waals surface area contributed by atoms with Crippen LogP contribution in [0.4, 0.5) is 24.9 Å². The number of allylic oxidation sites excluding steroid dienone is 2. The van der Waals surface area contributed by atoms with Crippen molar-refractivity contribution in [3.63, 3.8) is 0 Å². The summed E-state index contributed by atoms with van der Waals surface area (Å²) in [6.45, 7) is 1.93. The molecule has 8 nitrogen and oxygen atoms in total. The second-order valence-corrected chi connectivity index (χ2v) is 9.78. The van der Waals surface area contributed by atoms with Gasteiger partial charge in [0, 0.05) is 48.9 Å². The highest BCUT2D eigenvalue weighted by molar-refractivity contribution is 6.05. The van der Waals surface area contributed by atoms with Crippen molar-refractivity contribution in [3.8, 4) is 0 Å². The van der Waals surface area contributed by atoms with Crippen molar-refractivity contribution in [3.05, 3.63) is 71.0 Å². The van der Waals surface area contributed by atoms with E-state index >= 15 is 0 Å². The van der Waals surface area contributed by atoms with E-state index < -0.39 is 23.2 Å². The van der Waals surface area contributed by atoms with Gasteiger partial charge in [0.1, 0.15) is 5.82 Å². The Morgan fingerprint density at radius 2 is 1.92 bits per heavy atom. The van der Waals surface area contributed by atoms with E-state index in [1.54, 1.807) is 24.5 Å². The monoisotopic (exact) mass is 495 g/mol. The highest BCUT2D eigenvalue weighted by Gasteiger charge is 2.45. The third kappa shape index (κ3) is 4.33. The quantitative estimate of drug-likeness (QED) is 0.411. The Balaban J connectivity index is 1.19. The van der Waals surface area contributed by atoms with Crippen molar-refractivity contribution in [2.45, 2.75) is 37.9 Å². The Labute approximate surface area is 205 Å². The number of halogens is 3. The largest absolute Gasteiger partial charge is 0.435 e. The van der Waals surface area contributed by atoms with E-state index in [4.69, 9.17) is 5.73 Å². The van der Waals surface area contributed by atoms with Gasteiger partial charge in [-0.2, -0.15) is 18.3 Å². The maximum Gasteiger partial charge on any atom is 0.435 e. The van der Waals surface area contributed by atoms with Gasteiger partial charge in [-0.3, -0.25) is 9.48 Å². The van der Waals surface area contributed by atoms with Crippen LogP contribution in [-0.2, 0) is 19.1 Å². The number of nitrogen functional groups attached to an aromatic ring is 1. The molecule has 0 aromatic carbocycles. The van der Waals surface area contributed by atoms with Crippen LogP contribution in [-0.4, -0.2) is 43.6 Å². The van der Waals surface area contributed by atoms with Crippen molar-refractivity contribution < 1.29 is 18.0 Å². The van der Waals surface area contributed by atoms with E-state index in [1.807, 2.05) is 6.07 Å². The fraction of sp³-hybridized carbons (Fsp3) is 0.400. The molecule has 0 amide bonds. The first-order chi connectivity index (χ1) is 17.2. The molecule has 1 saturated carbocycles. The number of piperidine rings is 1. The minimum atomic E-state index is -4.76. The molecule has 2 aliphatic carbocycles. The number of ketones is 1. The molecule has 2 N–H and O–H groups in total. The highest BCUT2D eigenvalue weighted by Crippen LogP contribution is 2.45. The number of anilines is 2. The van der Waals surface area contributed by atoms with Crippen LogP contribution in [0.15, 0.2) is 42.9 Å². The second kappa shape index (κ2) is 8.42. The van der Waals surface area contributed by atoms with Crippen LogP contribution < -0.4 is 10.6 Å². The zero-order chi connectivity index (χ0) is 25.0. The molecule has 3 atom stereocenters. The molecule has 3 unspecified atom stereocenters. The lowest BCUT2D eigenvalue weighted by atomic mass is 10.0. The number of carbonyl (C=O) groups is 1. The topological polar surface area (TPSA) is 103 Å². The van der Waals surface area contributed by atoms with Crippen LogP contribution in [0.1, 0.15) is 51.6 Å². The molecule has 3 aromatic heterocycles. The molecule has 1 aliphatic heterocycles. The van der Waals surface area contributed by atoms with E-state index in [2.05, 4.69) is 25.0 Å². The van der Waals surface area contributed by atoms with Gasteiger partial charge < -0.3 is 10.6 Å². The smallest absolute Gasteiger partial charge is 0.384 e. The number of hydrogen-bond donors (Lipinski definition) is 1. The van der Waals surface area contributed by atoms with Gasteiger partial charge in [-0.05, 0) is 48.8 Å². The highest BCUT2D eigenvalue weighted by atomic mass is 19.4. The number of carbonyl (C=O) groups excluding carboxylic acids is 1. The summed E-state index contributed by atoms with van der Waals surface area (Å²) in [5, 5.41) is 3.69. The van der Waals surface area contributed by atoms with E-state index in [1.165, 1.54) is 12.5 Å². The fourth-order valence-electron chi connectivity index (χ4n) is 5.24. The van der Waals surface area contributed by atoms with Gasteiger partial charge in [0.2, 0.25) is 5.95 Å². The molecule has 2 fully saturated rings. The number of nitrogens with two attached hydrogens (primary N) is 1. The maximum absolute atomic E-state index is 13.7. The lowest BCUT2D eigenvalue weighted by Crippen LogP contribution is -2.24. The van der Waals surface area contributed by atoms with E-state index in [0.29, 0.717) is 23.8 Å². The number of aromatic nitrogens is 5. The zero-order valence-electron chi connectivity index (χ0n) is 19.3. The van der Waals surface area contributed by atoms with Gasteiger partial charge in [0.05, 0.1) is 12.1 Å². The van der Waals surface area contributed by atoms with Crippen molar-refractivity contribution in [1.29, 1.82) is 0 Å². The molecule has 6 rings (SSSR count). The Bertz CT molecular complexity index is 1340. The number of alkyl halides is 3. The first kappa shape index (κ1) is 22.7. The summed E-state index contributed by atoms with van der Waals surface area (Å²) < 4.78 is 42.2. The minimum Gasteiger partial charge on any atom is -0.384 e. The summed E-state index contributed by atoms with van der Waals surface area (Å²) in [6, 6.07) is 3.53. The van der Waals surface area contributed by atoms with Gasteiger partial charge in [-0.1, -0.05) is 12.1 Å². The molecule has 36 heavy (non-hydrogen) atoms. The number of fused-ring (bicyclic) bond motifs is 2. The summed E-state index contributed by atoms with van der Waals surface area (Å²) in [4.78, 5) is 28.0. The molecule has 0 spiro atoms. The zero-order valence-corrected chi connectivity index (χ0v) is 19.3. The van der Waals surface area contributed by atoms with E-state index in [0.717, 1.165) is 53.5 Å². The van der Waals surface area contributed by atoms with E-state index in [9.17, 15) is 18.0 Å². The first-order valence-electron chi connectivity index (χ1n) is 11.9. The fourth-order valence-corrected chi connectivity index (χ4v) is 5.24. The van der Waals surface area contributed by atoms with Crippen molar-refractivity contribution >= 4 is 17.5 Å². The summed E-state index contributed by atoms with van der Waals surface area (Å²) in [5.74, 6) is 1.69. The van der Waals surface area contributed by atoms with Crippen molar-refractivity contribution in [2.24, 2.45) is 11.8 Å². The summed E-state index contributed by atoms with van der Waals surface area (Å²) in [5.41, 5.74) is 6.43. The molecular weight excluding hydrogens is 471 g/mol. The molecular formula is C25H24F3N7O. The predicted molar refractivity (Wildman–Crippen MR) is 125 cm³/mol. The van der Waals surface area contributed by atoms with E-state index in [-0.39, 0.29) is 12.5 Å². The standard InChI is InChI=1S/C25H24F3N7O/c26-25(27,28)23-19(21(36)5-2-15-1-4-20-18(15)3-6-22(29)32-20)13-35(33-23)10-14-8-30-24(31-9-14)34-11-16-7-17(16)12-34/h2-3,5-6,8-9,13,15-17H,1,4,7,10-12H2,(H2,29,32)/b5-2+. The molecule has 4 heterocycles. The molecule has 11 heteroatoms. The summed E-state index contributed by atoms with van der Waals surface area (Å²) >= 11 is 0. The van der Waals surface area contributed by atoms with Crippen LogP contribution in [0.25, 0.3) is 0 Å². The molecule has 186 valence electrons. The normalized spacial score (nSPS) is 22.8. The SMILES string of the molecule is Nc1ccc2c(n1)CCC2/C=C/C(=O)c1cn(Cc2cnc(N3CC4CC4C3)nc2)nc1C(F)(F)F. The lowest BCUT2D eigenvalue weighted by Gasteiger charge is -2.17. The van der Waals surface area contributed by atoms with Crippen LogP contribution in [0.5, 0.6) is 0 Å². The van der Waals surface area contributed by atoms with Crippen molar-refractivity contribution in [1.82, 2.24) is 24.7 Å². The molecule has 3 aliphatic rings. The maximum atomic E-state index is 13.7. The van der Waals surface area contributed by atoms with Gasteiger partial charge in [-0.25, -0.2) is 15.0 Å². The Morgan fingerprint density at radius 1 is 1.17 bits per heavy atom. The second-order valence-electron chi connectivity index (χ2n) is 9.78. The number of hydrogen-bond acceptors (Lipinski definition) is 7. The lowest BCUT2D eigenvalue weighted by molar-refractivity contribution is -0.141. The Kier molecular flexibility index (Phi) is 5.31. The average Bonchev–Trinajstić information content (AvgIpc) is 3.20.